The number of aliphatic carboxylic acids is 1. The van der Waals surface area contributed by atoms with Gasteiger partial charge in [0, 0.05) is 12.1 Å². The highest BCUT2D eigenvalue weighted by atomic mass is 32.2. The first-order valence-electron chi connectivity index (χ1n) is 7.42. The van der Waals surface area contributed by atoms with Crippen molar-refractivity contribution >= 4 is 46.3 Å². The van der Waals surface area contributed by atoms with E-state index in [0.717, 1.165) is 11.8 Å². The molecule has 1 aliphatic rings. The van der Waals surface area contributed by atoms with Crippen molar-refractivity contribution in [3.8, 4) is 11.5 Å². The monoisotopic (exact) mass is 378 g/mol. The molecule has 1 saturated heterocycles. The van der Waals surface area contributed by atoms with Crippen LogP contribution in [0.1, 0.15) is 12.5 Å². The van der Waals surface area contributed by atoms with Crippen LogP contribution in [0.4, 0.5) is 0 Å². The normalized spacial score (nSPS) is 15.6. The smallest absolute Gasteiger partial charge is 0.266 e. The second kappa shape index (κ2) is 8.68. The Morgan fingerprint density at radius 1 is 1.44 bits per heavy atom. The minimum Gasteiger partial charge on any atom is -0.546 e. The first kappa shape index (κ1) is 19.0. The van der Waals surface area contributed by atoms with E-state index in [1.807, 2.05) is 0 Å². The second-order valence-corrected chi connectivity index (χ2v) is 6.52. The third kappa shape index (κ3) is 4.61. The van der Waals surface area contributed by atoms with Crippen molar-refractivity contribution in [1.82, 2.24) is 4.90 Å². The Hall–Kier alpha value is -2.32. The summed E-state index contributed by atoms with van der Waals surface area (Å²) in [5.74, 6) is -0.960. The second-order valence-electron chi connectivity index (χ2n) is 4.85. The molecule has 8 heteroatoms. The number of amides is 1. The molecule has 1 heterocycles. The lowest BCUT2D eigenvalue weighted by molar-refractivity contribution is -0.307. The average Bonchev–Trinajstić information content (AvgIpc) is 2.82. The van der Waals surface area contributed by atoms with Crippen LogP contribution in [0.15, 0.2) is 35.8 Å². The van der Waals surface area contributed by atoms with Crippen molar-refractivity contribution < 1.29 is 24.2 Å². The Labute approximate surface area is 155 Å². The molecule has 0 radical (unpaired) electrons. The Morgan fingerprint density at radius 3 is 2.84 bits per heavy atom. The van der Waals surface area contributed by atoms with Gasteiger partial charge in [0.2, 0.25) is 0 Å². The van der Waals surface area contributed by atoms with Crippen LogP contribution in [0.2, 0.25) is 0 Å². The van der Waals surface area contributed by atoms with Crippen LogP contribution in [0, 0.1) is 0 Å². The van der Waals surface area contributed by atoms with Crippen molar-refractivity contribution in [3.05, 3.63) is 41.3 Å². The zero-order valence-electron chi connectivity index (χ0n) is 13.5. The molecule has 132 valence electrons. The molecule has 6 nitrogen and oxygen atoms in total. The number of rotatable bonds is 8. The maximum atomic E-state index is 12.4. The molecule has 1 amide bonds. The van der Waals surface area contributed by atoms with Crippen LogP contribution < -0.4 is 14.6 Å². The topological polar surface area (TPSA) is 78.9 Å². The number of thiocarbonyl (C=S) groups is 1. The summed E-state index contributed by atoms with van der Waals surface area (Å²) in [6.07, 6.45) is 3.20. The predicted octanol–water partition coefficient (Wildman–Crippen LogP) is 1.60. The van der Waals surface area contributed by atoms with Gasteiger partial charge >= 0.3 is 0 Å². The predicted molar refractivity (Wildman–Crippen MR) is 98.2 cm³/mol. The summed E-state index contributed by atoms with van der Waals surface area (Å²) in [6, 6.07) is 5.09. The lowest BCUT2D eigenvalue weighted by atomic mass is 10.1. The van der Waals surface area contributed by atoms with Gasteiger partial charge in [-0.15, -0.1) is 6.58 Å². The highest BCUT2D eigenvalue weighted by molar-refractivity contribution is 8.26. The molecule has 0 aliphatic carbocycles. The van der Waals surface area contributed by atoms with Crippen LogP contribution in [0.5, 0.6) is 11.5 Å². The number of carbonyl (C=O) groups is 2. The summed E-state index contributed by atoms with van der Waals surface area (Å²) >= 11 is 6.36. The number of ether oxygens (including phenoxy) is 2. The van der Waals surface area contributed by atoms with Gasteiger partial charge in [-0.3, -0.25) is 9.69 Å². The summed E-state index contributed by atoms with van der Waals surface area (Å²) in [5.41, 5.74) is 0.520. The molecule has 0 N–H and O–H groups in total. The van der Waals surface area contributed by atoms with Crippen LogP contribution >= 0.6 is 24.0 Å². The number of carbonyl (C=O) groups excluding carboxylic acids is 2. The van der Waals surface area contributed by atoms with Gasteiger partial charge in [0.25, 0.3) is 5.91 Å². The molecule has 0 unspecified atom stereocenters. The zero-order chi connectivity index (χ0) is 18.4. The van der Waals surface area contributed by atoms with Crippen LogP contribution in [-0.2, 0) is 9.59 Å². The number of carboxylic acid groups (broad SMARTS) is 1. The van der Waals surface area contributed by atoms with Crippen molar-refractivity contribution in [1.29, 1.82) is 0 Å². The van der Waals surface area contributed by atoms with Crippen LogP contribution in [0.25, 0.3) is 6.08 Å². The minimum absolute atomic E-state index is 0.234. The Balaban J connectivity index is 2.39. The Morgan fingerprint density at radius 2 is 2.20 bits per heavy atom. The molecular formula is C17H16NO5S2-. The maximum absolute atomic E-state index is 12.4. The van der Waals surface area contributed by atoms with E-state index >= 15 is 0 Å². The Kier molecular flexibility index (Phi) is 6.60. The number of thioether (sulfide) groups is 1. The van der Waals surface area contributed by atoms with Gasteiger partial charge < -0.3 is 19.4 Å². The minimum atomic E-state index is -1.35. The molecule has 1 aliphatic heterocycles. The summed E-state index contributed by atoms with van der Waals surface area (Å²) in [4.78, 5) is 25.0. The average molecular weight is 378 g/mol. The number of carboxylic acids is 1. The van der Waals surface area contributed by atoms with E-state index in [4.69, 9.17) is 21.7 Å². The van der Waals surface area contributed by atoms with Crippen LogP contribution in [-0.4, -0.2) is 40.9 Å². The van der Waals surface area contributed by atoms with E-state index in [-0.39, 0.29) is 11.7 Å². The summed E-state index contributed by atoms with van der Waals surface area (Å²) < 4.78 is 11.2. The molecule has 25 heavy (non-hydrogen) atoms. The molecule has 2 rings (SSSR count). The lowest BCUT2D eigenvalue weighted by Crippen LogP contribution is -2.29. The molecule has 0 bridgehead atoms. The number of hydrogen-bond donors (Lipinski definition) is 0. The van der Waals surface area contributed by atoms with E-state index in [1.54, 1.807) is 37.3 Å². The van der Waals surface area contributed by atoms with E-state index < -0.39 is 12.6 Å². The van der Waals surface area contributed by atoms with Gasteiger partial charge in [-0.25, -0.2) is 0 Å². The van der Waals surface area contributed by atoms with Crippen LogP contribution in [0.3, 0.4) is 0 Å². The van der Waals surface area contributed by atoms with E-state index in [2.05, 4.69) is 6.58 Å². The fourth-order valence-electron chi connectivity index (χ4n) is 2.13. The fraction of sp³-hybridized carbons (Fsp3) is 0.235. The molecule has 1 aromatic carbocycles. The van der Waals surface area contributed by atoms with Crippen molar-refractivity contribution in [3.63, 3.8) is 0 Å². The molecule has 1 aromatic rings. The summed E-state index contributed by atoms with van der Waals surface area (Å²) in [7, 11) is 0. The molecular weight excluding hydrogens is 362 g/mol. The quantitative estimate of drug-likeness (QED) is 0.386. The van der Waals surface area contributed by atoms with E-state index in [9.17, 15) is 14.7 Å². The standard InChI is InChI=1S/C17H17NO5S2/c1-3-8-18-16(21)13(25-17(18)24)9-11-6-5-7-12(22-4-2)15(11)23-10-14(19)20/h3,5-7,9H,1,4,8,10H2,2H3,(H,19,20)/p-1/b13-9+. The lowest BCUT2D eigenvalue weighted by Gasteiger charge is -2.15. The summed E-state index contributed by atoms with van der Waals surface area (Å²) in [5, 5.41) is 10.7. The molecule has 0 atom stereocenters. The van der Waals surface area contributed by atoms with Crippen molar-refractivity contribution in [2.75, 3.05) is 19.8 Å². The third-order valence-corrected chi connectivity index (χ3v) is 4.49. The number of hydrogen-bond acceptors (Lipinski definition) is 7. The summed E-state index contributed by atoms with van der Waals surface area (Å²) in [6.45, 7) is 5.50. The van der Waals surface area contributed by atoms with Gasteiger partial charge in [-0.05, 0) is 19.1 Å². The SMILES string of the molecule is C=CCN1C(=O)/C(=C\c2cccc(OCC)c2OCC(=O)[O-])SC1=S. The van der Waals surface area contributed by atoms with Gasteiger partial charge in [0.1, 0.15) is 10.9 Å². The van der Waals surface area contributed by atoms with Crippen molar-refractivity contribution in [2.24, 2.45) is 0 Å². The van der Waals surface area contributed by atoms with E-state index in [0.29, 0.717) is 33.7 Å². The number of benzene rings is 1. The zero-order valence-corrected chi connectivity index (χ0v) is 15.2. The highest BCUT2D eigenvalue weighted by Gasteiger charge is 2.31. The van der Waals surface area contributed by atoms with Gasteiger partial charge in [-0.1, -0.05) is 42.2 Å². The first-order chi connectivity index (χ1) is 12.0. The van der Waals surface area contributed by atoms with Gasteiger partial charge in [-0.2, -0.15) is 0 Å². The molecule has 0 saturated carbocycles. The van der Waals surface area contributed by atoms with Crippen molar-refractivity contribution in [2.45, 2.75) is 6.92 Å². The molecule has 0 aromatic heterocycles. The largest absolute Gasteiger partial charge is 0.546 e. The highest BCUT2D eigenvalue weighted by Crippen LogP contribution is 2.37. The van der Waals surface area contributed by atoms with Gasteiger partial charge in [0.15, 0.2) is 11.5 Å². The first-order valence-corrected chi connectivity index (χ1v) is 8.65. The Bertz CT molecular complexity index is 745. The molecule has 1 fully saturated rings. The number of para-hydroxylation sites is 1. The fourth-order valence-corrected chi connectivity index (χ4v) is 3.39. The third-order valence-electron chi connectivity index (χ3n) is 3.12. The number of nitrogens with zero attached hydrogens (tertiary/aromatic N) is 1. The maximum Gasteiger partial charge on any atom is 0.266 e. The van der Waals surface area contributed by atoms with E-state index in [1.165, 1.54) is 4.90 Å². The van der Waals surface area contributed by atoms with Gasteiger partial charge in [0.05, 0.1) is 17.5 Å². The molecule has 0 spiro atoms.